The van der Waals surface area contributed by atoms with E-state index in [0.717, 1.165) is 24.4 Å². The van der Waals surface area contributed by atoms with Crippen LogP contribution in [0.2, 0.25) is 0 Å². The Morgan fingerprint density at radius 2 is 2.43 bits per heavy atom. The zero-order chi connectivity index (χ0) is 10.4. The molecule has 3 N–H and O–H groups in total. The van der Waals surface area contributed by atoms with E-state index < -0.39 is 0 Å². The maximum Gasteiger partial charge on any atom is 0.0372 e. The SMILES string of the molecule is CC/C=C(N)/C=C\C1=C(C)C=CCN1. The maximum atomic E-state index is 5.75. The molecular weight excluding hydrogens is 172 g/mol. The molecule has 0 bridgehead atoms. The highest BCUT2D eigenvalue weighted by Gasteiger charge is 1.98. The molecule has 0 aromatic rings. The van der Waals surface area contributed by atoms with E-state index in [4.69, 9.17) is 5.73 Å². The minimum Gasteiger partial charge on any atom is -0.399 e. The van der Waals surface area contributed by atoms with Gasteiger partial charge in [0.25, 0.3) is 0 Å². The minimum absolute atomic E-state index is 0.823. The fourth-order valence-corrected chi connectivity index (χ4v) is 1.31. The maximum absolute atomic E-state index is 5.75. The molecule has 2 heteroatoms. The fraction of sp³-hybridized carbons (Fsp3) is 0.333. The number of dihydropyridines is 1. The lowest BCUT2D eigenvalue weighted by molar-refractivity contribution is 0.902. The minimum atomic E-state index is 0.823. The van der Waals surface area contributed by atoms with Crippen LogP contribution >= 0.6 is 0 Å². The molecule has 0 fully saturated rings. The molecule has 0 aromatic carbocycles. The number of nitrogens with two attached hydrogens (primary N) is 1. The first-order valence-corrected chi connectivity index (χ1v) is 4.99. The molecule has 0 saturated heterocycles. The van der Waals surface area contributed by atoms with Gasteiger partial charge in [-0.15, -0.1) is 0 Å². The molecule has 0 saturated carbocycles. The molecule has 0 spiro atoms. The van der Waals surface area contributed by atoms with Gasteiger partial charge in [-0.1, -0.05) is 25.2 Å². The molecule has 0 radical (unpaired) electrons. The van der Waals surface area contributed by atoms with Gasteiger partial charge >= 0.3 is 0 Å². The van der Waals surface area contributed by atoms with Gasteiger partial charge in [-0.2, -0.15) is 0 Å². The monoisotopic (exact) mass is 190 g/mol. The molecule has 1 aliphatic heterocycles. The first-order valence-electron chi connectivity index (χ1n) is 4.99. The predicted molar refractivity (Wildman–Crippen MR) is 61.5 cm³/mol. The van der Waals surface area contributed by atoms with Crippen LogP contribution in [-0.2, 0) is 0 Å². The Morgan fingerprint density at radius 3 is 3.07 bits per heavy atom. The Kier molecular flexibility index (Phi) is 4.05. The zero-order valence-electron chi connectivity index (χ0n) is 8.88. The van der Waals surface area contributed by atoms with Crippen molar-refractivity contribution in [2.24, 2.45) is 5.73 Å². The Hall–Kier alpha value is -1.44. The highest BCUT2D eigenvalue weighted by atomic mass is 14.9. The molecule has 0 atom stereocenters. The third kappa shape index (κ3) is 3.13. The molecule has 0 amide bonds. The van der Waals surface area contributed by atoms with E-state index in [0.29, 0.717) is 0 Å². The van der Waals surface area contributed by atoms with E-state index in [2.05, 4.69) is 31.3 Å². The summed E-state index contributed by atoms with van der Waals surface area (Å²) in [6.45, 7) is 5.06. The molecule has 0 aliphatic carbocycles. The summed E-state index contributed by atoms with van der Waals surface area (Å²) >= 11 is 0. The lowest BCUT2D eigenvalue weighted by atomic mass is 10.1. The van der Waals surface area contributed by atoms with Crippen molar-refractivity contribution in [3.8, 4) is 0 Å². The van der Waals surface area contributed by atoms with Crippen LogP contribution in [0, 0.1) is 0 Å². The van der Waals surface area contributed by atoms with Gasteiger partial charge in [-0.3, -0.25) is 0 Å². The van der Waals surface area contributed by atoms with Crippen molar-refractivity contribution in [1.82, 2.24) is 5.32 Å². The normalized spacial score (nSPS) is 17.7. The smallest absolute Gasteiger partial charge is 0.0372 e. The van der Waals surface area contributed by atoms with Gasteiger partial charge in [0.1, 0.15) is 0 Å². The van der Waals surface area contributed by atoms with E-state index in [1.165, 1.54) is 5.57 Å². The van der Waals surface area contributed by atoms with Crippen molar-refractivity contribution in [1.29, 1.82) is 0 Å². The lowest BCUT2D eigenvalue weighted by Gasteiger charge is -2.11. The number of rotatable bonds is 3. The van der Waals surface area contributed by atoms with Crippen molar-refractivity contribution in [2.45, 2.75) is 20.3 Å². The van der Waals surface area contributed by atoms with Gasteiger partial charge in [-0.25, -0.2) is 0 Å². The Labute approximate surface area is 85.9 Å². The van der Waals surface area contributed by atoms with E-state index in [1.807, 2.05) is 18.2 Å². The standard InChI is InChI=1S/C12H18N2/c1-3-5-11(13)7-8-12-10(2)6-4-9-14-12/h4-8,14H,3,9,13H2,1-2H3/b8-7-,11-5-. The molecule has 1 aliphatic rings. The van der Waals surface area contributed by atoms with Crippen molar-refractivity contribution >= 4 is 0 Å². The summed E-state index contributed by atoms with van der Waals surface area (Å²) < 4.78 is 0. The quantitative estimate of drug-likeness (QED) is 0.670. The summed E-state index contributed by atoms with van der Waals surface area (Å²) in [7, 11) is 0. The van der Waals surface area contributed by atoms with Crippen molar-refractivity contribution in [3.05, 3.63) is 47.3 Å². The van der Waals surface area contributed by atoms with Crippen LogP contribution in [0.15, 0.2) is 47.3 Å². The van der Waals surface area contributed by atoms with Crippen LogP contribution in [0.4, 0.5) is 0 Å². The van der Waals surface area contributed by atoms with E-state index in [1.54, 1.807) is 0 Å². The van der Waals surface area contributed by atoms with Crippen molar-refractivity contribution < 1.29 is 0 Å². The second kappa shape index (κ2) is 5.32. The number of allylic oxidation sites excluding steroid dienone is 5. The Bertz CT molecular complexity index is 306. The molecule has 1 rings (SSSR count). The largest absolute Gasteiger partial charge is 0.399 e. The van der Waals surface area contributed by atoms with E-state index >= 15 is 0 Å². The molecular formula is C12H18N2. The van der Waals surface area contributed by atoms with Crippen LogP contribution in [0.3, 0.4) is 0 Å². The van der Waals surface area contributed by atoms with Gasteiger partial charge in [-0.05, 0) is 31.1 Å². The third-order valence-corrected chi connectivity index (χ3v) is 2.09. The first-order chi connectivity index (χ1) is 6.74. The number of hydrogen-bond donors (Lipinski definition) is 2. The highest BCUT2D eigenvalue weighted by molar-refractivity contribution is 5.36. The second-order valence-corrected chi connectivity index (χ2v) is 3.33. The zero-order valence-corrected chi connectivity index (χ0v) is 8.88. The average molecular weight is 190 g/mol. The molecule has 14 heavy (non-hydrogen) atoms. The summed E-state index contributed by atoms with van der Waals surface area (Å²) in [4.78, 5) is 0. The summed E-state index contributed by atoms with van der Waals surface area (Å²) in [5.41, 5.74) is 8.98. The molecule has 76 valence electrons. The summed E-state index contributed by atoms with van der Waals surface area (Å²) in [6.07, 6.45) is 11.2. The molecule has 0 aromatic heterocycles. The van der Waals surface area contributed by atoms with Crippen LogP contribution in [0.5, 0.6) is 0 Å². The van der Waals surface area contributed by atoms with Gasteiger partial charge in [0, 0.05) is 17.9 Å². The van der Waals surface area contributed by atoms with Gasteiger partial charge in [0.2, 0.25) is 0 Å². The van der Waals surface area contributed by atoms with Crippen LogP contribution < -0.4 is 11.1 Å². The fourth-order valence-electron chi connectivity index (χ4n) is 1.31. The third-order valence-electron chi connectivity index (χ3n) is 2.09. The summed E-state index contributed by atoms with van der Waals surface area (Å²) in [6, 6.07) is 0. The second-order valence-electron chi connectivity index (χ2n) is 3.33. The number of hydrogen-bond acceptors (Lipinski definition) is 2. The van der Waals surface area contributed by atoms with E-state index in [9.17, 15) is 0 Å². The predicted octanol–water partition coefficient (Wildman–Crippen LogP) is 2.23. The van der Waals surface area contributed by atoms with Crippen molar-refractivity contribution in [3.63, 3.8) is 0 Å². The number of nitrogens with one attached hydrogen (secondary N) is 1. The van der Waals surface area contributed by atoms with Gasteiger partial charge < -0.3 is 11.1 Å². The first kappa shape index (κ1) is 10.6. The van der Waals surface area contributed by atoms with E-state index in [-0.39, 0.29) is 0 Å². The van der Waals surface area contributed by atoms with Crippen molar-refractivity contribution in [2.75, 3.05) is 6.54 Å². The topological polar surface area (TPSA) is 38.0 Å². The Morgan fingerprint density at radius 1 is 1.64 bits per heavy atom. The molecule has 1 heterocycles. The van der Waals surface area contributed by atoms with Crippen LogP contribution in [0.25, 0.3) is 0 Å². The van der Waals surface area contributed by atoms with Crippen LogP contribution in [0.1, 0.15) is 20.3 Å². The summed E-state index contributed by atoms with van der Waals surface area (Å²) in [5.74, 6) is 0. The summed E-state index contributed by atoms with van der Waals surface area (Å²) in [5, 5.41) is 3.29. The molecule has 0 unspecified atom stereocenters. The van der Waals surface area contributed by atoms with Crippen LogP contribution in [-0.4, -0.2) is 6.54 Å². The Balaban J connectivity index is 2.68. The van der Waals surface area contributed by atoms with Gasteiger partial charge in [0.15, 0.2) is 0 Å². The van der Waals surface area contributed by atoms with Gasteiger partial charge in [0.05, 0.1) is 0 Å². The highest BCUT2D eigenvalue weighted by Crippen LogP contribution is 2.08. The molecule has 2 nitrogen and oxygen atoms in total. The average Bonchev–Trinajstić information content (AvgIpc) is 2.17. The lowest BCUT2D eigenvalue weighted by Crippen LogP contribution is -2.16.